The second-order valence-electron chi connectivity index (χ2n) is 3.34. The Bertz CT molecular complexity index is 167. The lowest BCUT2D eigenvalue weighted by molar-refractivity contribution is 0.161. The predicted molar refractivity (Wildman–Crippen MR) is 57.1 cm³/mol. The van der Waals surface area contributed by atoms with Crippen molar-refractivity contribution in [2.75, 3.05) is 40.4 Å². The third-order valence-corrected chi connectivity index (χ3v) is 2.13. The maximum Gasteiger partial charge on any atom is 0.0950 e. The minimum Gasteiger partial charge on any atom is -0.383 e. The maximum absolute atomic E-state index is 8.69. The summed E-state index contributed by atoms with van der Waals surface area (Å²) in [5, 5.41) is 11.9. The third-order valence-electron chi connectivity index (χ3n) is 2.13. The number of rotatable bonds is 8. The summed E-state index contributed by atoms with van der Waals surface area (Å²) in [5.41, 5.74) is 0. The van der Waals surface area contributed by atoms with Crippen LogP contribution in [-0.4, -0.2) is 51.3 Å². The highest BCUT2D eigenvalue weighted by Gasteiger charge is 2.03. The Morgan fingerprint density at radius 3 is 2.71 bits per heavy atom. The van der Waals surface area contributed by atoms with Crippen molar-refractivity contribution in [1.82, 2.24) is 10.2 Å². The Labute approximate surface area is 86.8 Å². The van der Waals surface area contributed by atoms with E-state index in [9.17, 15) is 0 Å². The Kier molecular flexibility index (Phi) is 8.54. The number of hydrogen-bond donors (Lipinski definition) is 1. The van der Waals surface area contributed by atoms with Gasteiger partial charge < -0.3 is 15.0 Å². The molecule has 1 N–H and O–H groups in total. The second-order valence-corrected chi connectivity index (χ2v) is 3.34. The number of likely N-dealkylation sites (N-methyl/N-ethyl adjacent to an activating group) is 1. The smallest absolute Gasteiger partial charge is 0.0950 e. The van der Waals surface area contributed by atoms with Gasteiger partial charge in [0.2, 0.25) is 0 Å². The fraction of sp³-hybridized carbons (Fsp3) is 0.900. The first-order chi connectivity index (χ1) is 6.74. The zero-order valence-corrected chi connectivity index (χ0v) is 9.42. The first kappa shape index (κ1) is 13.4. The van der Waals surface area contributed by atoms with E-state index < -0.39 is 0 Å². The predicted octanol–water partition coefficient (Wildman–Crippen LogP) is 0.456. The van der Waals surface area contributed by atoms with Crippen LogP contribution in [0.25, 0.3) is 0 Å². The zero-order chi connectivity index (χ0) is 10.8. The van der Waals surface area contributed by atoms with Gasteiger partial charge in [0, 0.05) is 26.7 Å². The molecule has 4 heteroatoms. The summed E-state index contributed by atoms with van der Waals surface area (Å²) < 4.78 is 4.97. The lowest BCUT2D eigenvalue weighted by Gasteiger charge is -2.17. The number of ether oxygens (including phenoxy) is 1. The summed E-state index contributed by atoms with van der Waals surface area (Å²) in [7, 11) is 3.75. The molecule has 0 aromatic rings. The zero-order valence-electron chi connectivity index (χ0n) is 9.42. The highest BCUT2D eigenvalue weighted by Crippen LogP contribution is 1.87. The Hall–Kier alpha value is -0.630. The molecule has 0 rings (SSSR count). The third kappa shape index (κ3) is 6.84. The molecule has 0 aromatic carbocycles. The van der Waals surface area contributed by atoms with Gasteiger partial charge in [-0.15, -0.1) is 0 Å². The molecule has 0 aliphatic heterocycles. The van der Waals surface area contributed by atoms with E-state index in [1.807, 2.05) is 14.0 Å². The highest BCUT2D eigenvalue weighted by atomic mass is 16.5. The van der Waals surface area contributed by atoms with Gasteiger partial charge in [-0.25, -0.2) is 0 Å². The van der Waals surface area contributed by atoms with Crippen molar-refractivity contribution in [2.45, 2.75) is 19.4 Å². The minimum atomic E-state index is -0.00850. The average Bonchev–Trinajstić information content (AvgIpc) is 2.21. The lowest BCUT2D eigenvalue weighted by Crippen LogP contribution is -2.35. The van der Waals surface area contributed by atoms with Crippen molar-refractivity contribution in [3.63, 3.8) is 0 Å². The lowest BCUT2D eigenvalue weighted by atomic mass is 10.2. The Morgan fingerprint density at radius 1 is 1.50 bits per heavy atom. The summed E-state index contributed by atoms with van der Waals surface area (Å²) in [6.07, 6.45) is 0.859. The average molecular weight is 199 g/mol. The summed E-state index contributed by atoms with van der Waals surface area (Å²) in [6, 6.07) is 2.21. The molecule has 1 unspecified atom stereocenters. The van der Waals surface area contributed by atoms with Crippen molar-refractivity contribution in [2.24, 2.45) is 0 Å². The van der Waals surface area contributed by atoms with Crippen LogP contribution < -0.4 is 5.32 Å². The van der Waals surface area contributed by atoms with Crippen molar-refractivity contribution in [3.8, 4) is 6.07 Å². The number of nitrogens with one attached hydrogen (secondary N) is 1. The van der Waals surface area contributed by atoms with Crippen molar-refractivity contribution in [1.29, 1.82) is 5.26 Å². The first-order valence-electron chi connectivity index (χ1n) is 5.05. The van der Waals surface area contributed by atoms with Crippen molar-refractivity contribution >= 4 is 0 Å². The number of methoxy groups -OCH3 is 1. The molecular formula is C10H21N3O. The standard InChI is InChI=1S/C10H21N3O/c1-4-10(9-11)12-5-6-13(2)7-8-14-3/h10,12H,4-8H2,1-3H3. The van der Waals surface area contributed by atoms with E-state index in [0.29, 0.717) is 0 Å². The molecule has 0 fully saturated rings. The highest BCUT2D eigenvalue weighted by molar-refractivity contribution is 4.88. The summed E-state index contributed by atoms with van der Waals surface area (Å²) in [6.45, 7) is 5.50. The van der Waals surface area contributed by atoms with Gasteiger partial charge in [-0.05, 0) is 13.5 Å². The number of hydrogen-bond acceptors (Lipinski definition) is 4. The van der Waals surface area contributed by atoms with Crippen LogP contribution in [0.4, 0.5) is 0 Å². The van der Waals surface area contributed by atoms with Gasteiger partial charge in [0.05, 0.1) is 18.7 Å². The fourth-order valence-electron chi connectivity index (χ4n) is 1.07. The van der Waals surface area contributed by atoms with E-state index >= 15 is 0 Å². The molecule has 0 heterocycles. The molecule has 0 spiro atoms. The largest absolute Gasteiger partial charge is 0.383 e. The number of nitrogens with zero attached hydrogens (tertiary/aromatic N) is 2. The minimum absolute atomic E-state index is 0.00850. The van der Waals surface area contributed by atoms with Gasteiger partial charge in [0.25, 0.3) is 0 Å². The maximum atomic E-state index is 8.69. The van der Waals surface area contributed by atoms with Gasteiger partial charge in [-0.1, -0.05) is 6.92 Å². The van der Waals surface area contributed by atoms with Gasteiger partial charge in [-0.3, -0.25) is 0 Å². The van der Waals surface area contributed by atoms with Crippen molar-refractivity contribution < 1.29 is 4.74 Å². The van der Waals surface area contributed by atoms with E-state index in [-0.39, 0.29) is 6.04 Å². The number of nitriles is 1. The molecule has 0 aliphatic carbocycles. The molecule has 4 nitrogen and oxygen atoms in total. The van der Waals surface area contributed by atoms with E-state index in [1.54, 1.807) is 7.11 Å². The van der Waals surface area contributed by atoms with Crippen LogP contribution in [0.5, 0.6) is 0 Å². The molecule has 0 bridgehead atoms. The molecule has 0 aromatic heterocycles. The van der Waals surface area contributed by atoms with E-state index in [1.165, 1.54) is 0 Å². The van der Waals surface area contributed by atoms with Crippen LogP contribution in [0, 0.1) is 11.3 Å². The molecule has 0 saturated carbocycles. The van der Waals surface area contributed by atoms with Gasteiger partial charge in [-0.2, -0.15) is 5.26 Å². The molecular weight excluding hydrogens is 178 g/mol. The second kappa shape index (κ2) is 8.95. The SMILES string of the molecule is CCC(C#N)NCCN(C)CCOC. The van der Waals surface area contributed by atoms with Crippen LogP contribution in [0.1, 0.15) is 13.3 Å². The van der Waals surface area contributed by atoms with Crippen molar-refractivity contribution in [3.05, 3.63) is 0 Å². The van der Waals surface area contributed by atoms with Gasteiger partial charge in [0.1, 0.15) is 0 Å². The van der Waals surface area contributed by atoms with Crippen LogP contribution in [0.2, 0.25) is 0 Å². The van der Waals surface area contributed by atoms with Gasteiger partial charge in [0.15, 0.2) is 0 Å². The van der Waals surface area contributed by atoms with E-state index in [4.69, 9.17) is 10.00 Å². The van der Waals surface area contributed by atoms with Crippen LogP contribution >= 0.6 is 0 Å². The monoisotopic (exact) mass is 199 g/mol. The first-order valence-corrected chi connectivity index (χ1v) is 5.05. The molecule has 0 saturated heterocycles. The summed E-state index contributed by atoms with van der Waals surface area (Å²) in [4.78, 5) is 2.18. The van der Waals surface area contributed by atoms with Crippen LogP contribution in [0.15, 0.2) is 0 Å². The molecule has 0 radical (unpaired) electrons. The van der Waals surface area contributed by atoms with Crippen LogP contribution in [-0.2, 0) is 4.74 Å². The Balaban J connectivity index is 3.39. The molecule has 0 amide bonds. The molecule has 82 valence electrons. The Morgan fingerprint density at radius 2 is 2.21 bits per heavy atom. The fourth-order valence-corrected chi connectivity index (χ4v) is 1.07. The van der Waals surface area contributed by atoms with E-state index in [2.05, 4.69) is 16.3 Å². The van der Waals surface area contributed by atoms with Crippen LogP contribution in [0.3, 0.4) is 0 Å². The quantitative estimate of drug-likeness (QED) is 0.617. The van der Waals surface area contributed by atoms with E-state index in [0.717, 1.165) is 32.7 Å². The topological polar surface area (TPSA) is 48.3 Å². The van der Waals surface area contributed by atoms with Gasteiger partial charge >= 0.3 is 0 Å². The normalized spacial score (nSPS) is 12.8. The molecule has 1 atom stereocenters. The summed E-state index contributed by atoms with van der Waals surface area (Å²) in [5.74, 6) is 0. The molecule has 0 aliphatic rings. The summed E-state index contributed by atoms with van der Waals surface area (Å²) >= 11 is 0. The molecule has 14 heavy (non-hydrogen) atoms.